The summed E-state index contributed by atoms with van der Waals surface area (Å²) < 4.78 is 43.1. The second-order valence-corrected chi connectivity index (χ2v) is 7.13. The summed E-state index contributed by atoms with van der Waals surface area (Å²) in [5, 5.41) is 2.65. The molecule has 0 radical (unpaired) electrons. The third-order valence-electron chi connectivity index (χ3n) is 3.65. The number of carbonyl (C=O) groups is 1. The van der Waals surface area contributed by atoms with Crippen molar-refractivity contribution in [3.63, 3.8) is 0 Å². The molecule has 0 spiro atoms. The molecule has 0 bridgehead atoms. The van der Waals surface area contributed by atoms with Crippen molar-refractivity contribution < 1.29 is 27.4 Å². The highest BCUT2D eigenvalue weighted by Gasteiger charge is 2.19. The number of benzene rings is 2. The first-order valence-corrected chi connectivity index (χ1v) is 9.51. The van der Waals surface area contributed by atoms with Crippen LogP contribution in [-0.4, -0.2) is 48.8 Å². The number of methoxy groups -OCH3 is 3. The summed E-state index contributed by atoms with van der Waals surface area (Å²) in [6, 6.07) is 10.5. The molecule has 0 aliphatic carbocycles. The summed E-state index contributed by atoms with van der Waals surface area (Å²) in [6.45, 7) is 0.687. The van der Waals surface area contributed by atoms with Crippen LogP contribution in [0.2, 0.25) is 0 Å². The summed E-state index contributed by atoms with van der Waals surface area (Å²) in [5.74, 6) is 0.427. The van der Waals surface area contributed by atoms with Crippen molar-refractivity contribution >= 4 is 21.6 Å². The number of carbonyl (C=O) groups excluding carboxylic acids is 1. The highest BCUT2D eigenvalue weighted by molar-refractivity contribution is 7.92. The SMILES string of the molecule is COCCNC(=O)c1cccc(S(=O)(=O)Nc2cc(OC)ccc2OC)c1. The van der Waals surface area contributed by atoms with E-state index in [9.17, 15) is 13.2 Å². The molecule has 8 nitrogen and oxygen atoms in total. The maximum Gasteiger partial charge on any atom is 0.262 e. The highest BCUT2D eigenvalue weighted by Crippen LogP contribution is 2.30. The van der Waals surface area contributed by atoms with Gasteiger partial charge in [0, 0.05) is 25.3 Å². The van der Waals surface area contributed by atoms with Crippen LogP contribution in [0.3, 0.4) is 0 Å². The lowest BCUT2D eigenvalue weighted by molar-refractivity contribution is 0.0937. The van der Waals surface area contributed by atoms with E-state index in [2.05, 4.69) is 10.0 Å². The number of nitrogens with one attached hydrogen (secondary N) is 2. The minimum Gasteiger partial charge on any atom is -0.497 e. The molecule has 0 saturated heterocycles. The fourth-order valence-electron chi connectivity index (χ4n) is 2.27. The fraction of sp³-hybridized carbons (Fsp3) is 0.278. The average Bonchev–Trinajstić information content (AvgIpc) is 2.67. The van der Waals surface area contributed by atoms with Gasteiger partial charge in [-0.2, -0.15) is 0 Å². The normalized spacial score (nSPS) is 10.9. The third kappa shape index (κ3) is 5.35. The lowest BCUT2D eigenvalue weighted by Crippen LogP contribution is -2.27. The van der Waals surface area contributed by atoms with E-state index in [4.69, 9.17) is 14.2 Å². The Hall–Kier alpha value is -2.78. The van der Waals surface area contributed by atoms with Crippen LogP contribution < -0.4 is 19.5 Å². The van der Waals surface area contributed by atoms with Crippen molar-refractivity contribution in [3.05, 3.63) is 48.0 Å². The van der Waals surface area contributed by atoms with E-state index in [1.54, 1.807) is 12.1 Å². The Morgan fingerprint density at radius 3 is 2.48 bits per heavy atom. The zero-order valence-corrected chi connectivity index (χ0v) is 16.1. The van der Waals surface area contributed by atoms with E-state index >= 15 is 0 Å². The van der Waals surface area contributed by atoms with Crippen LogP contribution in [0.25, 0.3) is 0 Å². The Labute approximate surface area is 158 Å². The molecule has 2 rings (SSSR count). The number of amides is 1. The fourth-order valence-corrected chi connectivity index (χ4v) is 3.38. The zero-order chi connectivity index (χ0) is 19.9. The van der Waals surface area contributed by atoms with Gasteiger partial charge in [0.15, 0.2) is 0 Å². The van der Waals surface area contributed by atoms with Gasteiger partial charge in [-0.3, -0.25) is 9.52 Å². The molecule has 9 heteroatoms. The van der Waals surface area contributed by atoms with Gasteiger partial charge in [-0.15, -0.1) is 0 Å². The molecule has 0 heterocycles. The predicted octanol–water partition coefficient (Wildman–Crippen LogP) is 1.88. The number of rotatable bonds is 9. The first-order valence-electron chi connectivity index (χ1n) is 8.03. The molecule has 0 atom stereocenters. The Morgan fingerprint density at radius 2 is 1.81 bits per heavy atom. The third-order valence-corrected chi connectivity index (χ3v) is 5.01. The van der Waals surface area contributed by atoms with Gasteiger partial charge in [-0.1, -0.05) is 6.07 Å². The van der Waals surface area contributed by atoms with Crippen molar-refractivity contribution in [2.75, 3.05) is 39.2 Å². The molecule has 0 aliphatic heterocycles. The molecular weight excluding hydrogens is 372 g/mol. The van der Waals surface area contributed by atoms with E-state index in [-0.39, 0.29) is 22.1 Å². The number of hydrogen-bond acceptors (Lipinski definition) is 6. The van der Waals surface area contributed by atoms with Crippen molar-refractivity contribution in [3.8, 4) is 11.5 Å². The molecule has 1 amide bonds. The van der Waals surface area contributed by atoms with E-state index in [1.807, 2.05) is 0 Å². The maximum atomic E-state index is 12.7. The smallest absolute Gasteiger partial charge is 0.262 e. The molecule has 2 aromatic rings. The summed E-state index contributed by atoms with van der Waals surface area (Å²) >= 11 is 0. The van der Waals surface area contributed by atoms with E-state index in [0.29, 0.717) is 24.7 Å². The molecule has 2 N–H and O–H groups in total. The van der Waals surface area contributed by atoms with Gasteiger partial charge >= 0.3 is 0 Å². The summed E-state index contributed by atoms with van der Waals surface area (Å²) in [6.07, 6.45) is 0. The lowest BCUT2D eigenvalue weighted by Gasteiger charge is -2.13. The van der Waals surface area contributed by atoms with Crippen molar-refractivity contribution in [1.82, 2.24) is 5.32 Å². The van der Waals surface area contributed by atoms with Crippen molar-refractivity contribution in [2.45, 2.75) is 4.90 Å². The van der Waals surface area contributed by atoms with Crippen LogP contribution in [0.1, 0.15) is 10.4 Å². The largest absolute Gasteiger partial charge is 0.497 e. The van der Waals surface area contributed by atoms with Crippen molar-refractivity contribution in [2.24, 2.45) is 0 Å². The van der Waals surface area contributed by atoms with E-state index in [0.717, 1.165) is 0 Å². The molecule has 0 unspecified atom stereocenters. The summed E-state index contributed by atoms with van der Waals surface area (Å²) in [5.41, 5.74) is 0.457. The molecule has 0 aromatic heterocycles. The van der Waals surface area contributed by atoms with Gasteiger partial charge in [0.2, 0.25) is 0 Å². The van der Waals surface area contributed by atoms with Crippen LogP contribution in [0.5, 0.6) is 11.5 Å². The van der Waals surface area contributed by atoms with Gasteiger partial charge in [0.25, 0.3) is 15.9 Å². The standard InChI is InChI=1S/C18H22N2O6S/c1-24-10-9-19-18(21)13-5-4-6-15(11-13)27(22,23)20-16-12-14(25-2)7-8-17(16)26-3/h4-8,11-12,20H,9-10H2,1-3H3,(H,19,21). The highest BCUT2D eigenvalue weighted by atomic mass is 32.2. The van der Waals surface area contributed by atoms with Gasteiger partial charge in [0.1, 0.15) is 11.5 Å². The number of hydrogen-bond donors (Lipinski definition) is 2. The Morgan fingerprint density at radius 1 is 1.04 bits per heavy atom. The Balaban J connectivity index is 2.27. The Bertz CT molecular complexity index is 898. The molecular formula is C18H22N2O6S. The second-order valence-electron chi connectivity index (χ2n) is 5.45. The van der Waals surface area contributed by atoms with E-state index in [1.165, 1.54) is 51.7 Å². The van der Waals surface area contributed by atoms with Gasteiger partial charge in [-0.25, -0.2) is 8.42 Å². The molecule has 2 aromatic carbocycles. The van der Waals surface area contributed by atoms with Crippen LogP contribution in [0, 0.1) is 0 Å². The maximum absolute atomic E-state index is 12.7. The van der Waals surface area contributed by atoms with Crippen LogP contribution in [0.15, 0.2) is 47.4 Å². The molecule has 0 fully saturated rings. The quantitative estimate of drug-likeness (QED) is 0.630. The predicted molar refractivity (Wildman–Crippen MR) is 101 cm³/mol. The number of anilines is 1. The minimum absolute atomic E-state index is 0.0493. The van der Waals surface area contributed by atoms with E-state index < -0.39 is 10.0 Å². The molecule has 146 valence electrons. The molecule has 0 aliphatic rings. The minimum atomic E-state index is -3.94. The zero-order valence-electron chi connectivity index (χ0n) is 15.3. The van der Waals surface area contributed by atoms with Gasteiger partial charge in [-0.05, 0) is 30.3 Å². The number of ether oxygens (including phenoxy) is 3. The molecule has 0 saturated carbocycles. The Kier molecular flexibility index (Phi) is 7.03. The lowest BCUT2D eigenvalue weighted by atomic mass is 10.2. The average molecular weight is 394 g/mol. The van der Waals surface area contributed by atoms with Crippen LogP contribution in [0.4, 0.5) is 5.69 Å². The van der Waals surface area contributed by atoms with Crippen molar-refractivity contribution in [1.29, 1.82) is 0 Å². The van der Waals surface area contributed by atoms with Crippen LogP contribution in [-0.2, 0) is 14.8 Å². The summed E-state index contributed by atoms with van der Waals surface area (Å²) in [4.78, 5) is 12.1. The summed E-state index contributed by atoms with van der Waals surface area (Å²) in [7, 11) is 0.496. The first kappa shape index (κ1) is 20.5. The van der Waals surface area contributed by atoms with Gasteiger partial charge in [0.05, 0.1) is 31.4 Å². The van der Waals surface area contributed by atoms with Crippen LogP contribution >= 0.6 is 0 Å². The second kappa shape index (κ2) is 9.24. The van der Waals surface area contributed by atoms with Gasteiger partial charge < -0.3 is 19.5 Å². The topological polar surface area (TPSA) is 103 Å². The first-order chi connectivity index (χ1) is 12.9. The molecule has 27 heavy (non-hydrogen) atoms. The monoisotopic (exact) mass is 394 g/mol. The number of sulfonamides is 1.